The molecular formula is C20H26Cl3NO2. The van der Waals surface area contributed by atoms with Gasteiger partial charge in [-0.2, -0.15) is 0 Å². The highest BCUT2D eigenvalue weighted by atomic mass is 35.5. The quantitative estimate of drug-likeness (QED) is 0.530. The fraction of sp³-hybridized carbons (Fsp3) is 0.400. The van der Waals surface area contributed by atoms with E-state index in [-0.39, 0.29) is 12.4 Å². The van der Waals surface area contributed by atoms with Gasteiger partial charge >= 0.3 is 0 Å². The molecule has 0 atom stereocenters. The molecule has 0 aliphatic carbocycles. The van der Waals surface area contributed by atoms with Gasteiger partial charge in [-0.25, -0.2) is 0 Å². The van der Waals surface area contributed by atoms with Gasteiger partial charge in [-0.15, -0.1) is 12.4 Å². The Labute approximate surface area is 172 Å². The van der Waals surface area contributed by atoms with Gasteiger partial charge in [0.25, 0.3) is 0 Å². The first kappa shape index (κ1) is 22.9. The Hall–Kier alpha value is -1.13. The second-order valence-electron chi connectivity index (χ2n) is 6.24. The van der Waals surface area contributed by atoms with Gasteiger partial charge in [-0.05, 0) is 43.1 Å². The van der Waals surface area contributed by atoms with Crippen LogP contribution in [0.5, 0.6) is 11.5 Å². The van der Waals surface area contributed by atoms with Crippen molar-refractivity contribution in [2.45, 2.75) is 33.9 Å². The summed E-state index contributed by atoms with van der Waals surface area (Å²) in [5.74, 6) is 1.81. The van der Waals surface area contributed by atoms with Crippen LogP contribution in [-0.2, 0) is 13.2 Å². The zero-order valence-corrected chi connectivity index (χ0v) is 17.7. The highest BCUT2D eigenvalue weighted by molar-refractivity contribution is 6.32. The van der Waals surface area contributed by atoms with E-state index in [4.69, 9.17) is 32.7 Å². The summed E-state index contributed by atoms with van der Waals surface area (Å²) < 4.78 is 11.7. The van der Waals surface area contributed by atoms with Gasteiger partial charge in [0, 0.05) is 17.1 Å². The number of ether oxygens (including phenoxy) is 2. The maximum Gasteiger partial charge on any atom is 0.180 e. The zero-order chi connectivity index (χ0) is 18.2. The average molecular weight is 419 g/mol. The van der Waals surface area contributed by atoms with Crippen LogP contribution >= 0.6 is 35.6 Å². The third kappa shape index (κ3) is 6.88. The fourth-order valence-electron chi connectivity index (χ4n) is 2.40. The van der Waals surface area contributed by atoms with Crippen molar-refractivity contribution >= 4 is 35.6 Å². The molecule has 0 saturated carbocycles. The standard InChI is InChI=1S/C20H25Cl2NO2.ClH/c1-4-24-19-10-15(12-23-11-14(2)3)9-18(22)20(19)25-13-16-7-5-6-8-17(16)21;/h5-10,14,23H,4,11-13H2,1-3H3;1H. The van der Waals surface area contributed by atoms with Gasteiger partial charge in [-0.3, -0.25) is 0 Å². The number of nitrogens with one attached hydrogen (secondary N) is 1. The average Bonchev–Trinajstić information content (AvgIpc) is 2.55. The maximum atomic E-state index is 6.45. The van der Waals surface area contributed by atoms with E-state index in [9.17, 15) is 0 Å². The molecule has 2 aromatic carbocycles. The summed E-state index contributed by atoms with van der Waals surface area (Å²) >= 11 is 12.6. The molecule has 0 aliphatic rings. The fourth-order valence-corrected chi connectivity index (χ4v) is 2.88. The largest absolute Gasteiger partial charge is 0.490 e. The van der Waals surface area contributed by atoms with Crippen molar-refractivity contribution in [1.29, 1.82) is 0 Å². The van der Waals surface area contributed by atoms with Crippen molar-refractivity contribution in [3.8, 4) is 11.5 Å². The van der Waals surface area contributed by atoms with E-state index in [1.165, 1.54) is 0 Å². The van der Waals surface area contributed by atoms with Crippen LogP contribution in [0.15, 0.2) is 36.4 Å². The van der Waals surface area contributed by atoms with E-state index >= 15 is 0 Å². The number of rotatable bonds is 9. The van der Waals surface area contributed by atoms with Crippen LogP contribution in [0.2, 0.25) is 10.0 Å². The number of hydrogen-bond donors (Lipinski definition) is 1. The van der Waals surface area contributed by atoms with E-state index in [2.05, 4.69) is 19.2 Å². The minimum Gasteiger partial charge on any atom is -0.490 e. The molecule has 0 amide bonds. The van der Waals surface area contributed by atoms with Gasteiger partial charge in [0.2, 0.25) is 0 Å². The second-order valence-corrected chi connectivity index (χ2v) is 7.06. The lowest BCUT2D eigenvalue weighted by Crippen LogP contribution is -2.19. The molecule has 2 rings (SSSR count). The summed E-state index contributed by atoms with van der Waals surface area (Å²) in [6, 6.07) is 11.5. The lowest BCUT2D eigenvalue weighted by molar-refractivity contribution is 0.269. The topological polar surface area (TPSA) is 30.5 Å². The van der Waals surface area contributed by atoms with Crippen molar-refractivity contribution in [1.82, 2.24) is 5.32 Å². The summed E-state index contributed by atoms with van der Waals surface area (Å²) in [6.45, 7) is 8.87. The Morgan fingerprint density at radius 1 is 1.04 bits per heavy atom. The van der Waals surface area contributed by atoms with Gasteiger partial charge in [-0.1, -0.05) is 55.2 Å². The smallest absolute Gasteiger partial charge is 0.180 e. The molecule has 26 heavy (non-hydrogen) atoms. The Morgan fingerprint density at radius 3 is 2.42 bits per heavy atom. The maximum absolute atomic E-state index is 6.45. The summed E-state index contributed by atoms with van der Waals surface area (Å²) in [4.78, 5) is 0. The molecule has 0 aliphatic heterocycles. The highest BCUT2D eigenvalue weighted by Crippen LogP contribution is 2.37. The van der Waals surface area contributed by atoms with Gasteiger partial charge < -0.3 is 14.8 Å². The van der Waals surface area contributed by atoms with Crippen LogP contribution in [0.25, 0.3) is 0 Å². The normalized spacial score (nSPS) is 10.5. The highest BCUT2D eigenvalue weighted by Gasteiger charge is 2.13. The van der Waals surface area contributed by atoms with Crippen LogP contribution in [0.3, 0.4) is 0 Å². The minimum absolute atomic E-state index is 0. The molecule has 2 aromatic rings. The number of benzene rings is 2. The second kappa shape index (κ2) is 11.6. The molecule has 0 unspecified atom stereocenters. The van der Waals surface area contributed by atoms with Crippen LogP contribution in [0.1, 0.15) is 31.9 Å². The summed E-state index contributed by atoms with van der Waals surface area (Å²) in [5, 5.41) is 4.62. The Morgan fingerprint density at radius 2 is 1.77 bits per heavy atom. The molecule has 6 heteroatoms. The first-order valence-corrected chi connectivity index (χ1v) is 9.29. The third-order valence-electron chi connectivity index (χ3n) is 3.58. The molecule has 0 heterocycles. The van der Waals surface area contributed by atoms with Crippen LogP contribution < -0.4 is 14.8 Å². The molecule has 0 spiro atoms. The third-order valence-corrected chi connectivity index (χ3v) is 4.23. The first-order chi connectivity index (χ1) is 12.0. The van der Waals surface area contributed by atoms with E-state index < -0.39 is 0 Å². The summed E-state index contributed by atoms with van der Waals surface area (Å²) in [6.07, 6.45) is 0. The monoisotopic (exact) mass is 417 g/mol. The molecule has 0 radical (unpaired) electrons. The van der Waals surface area contributed by atoms with Gasteiger partial charge in [0.15, 0.2) is 11.5 Å². The van der Waals surface area contributed by atoms with Gasteiger partial charge in [0.05, 0.1) is 11.6 Å². The molecular weight excluding hydrogens is 393 g/mol. The Kier molecular flexibility index (Phi) is 10.2. The minimum atomic E-state index is 0. The van der Waals surface area contributed by atoms with Crippen molar-refractivity contribution in [2.24, 2.45) is 5.92 Å². The van der Waals surface area contributed by atoms with Crippen LogP contribution in [0.4, 0.5) is 0 Å². The van der Waals surface area contributed by atoms with E-state index in [1.54, 1.807) is 0 Å². The summed E-state index contributed by atoms with van der Waals surface area (Å²) in [5.41, 5.74) is 1.98. The summed E-state index contributed by atoms with van der Waals surface area (Å²) in [7, 11) is 0. The van der Waals surface area contributed by atoms with Crippen molar-refractivity contribution in [3.63, 3.8) is 0 Å². The Bertz CT molecular complexity index is 693. The zero-order valence-electron chi connectivity index (χ0n) is 15.4. The molecule has 0 bridgehead atoms. The van der Waals surface area contributed by atoms with Crippen molar-refractivity contribution < 1.29 is 9.47 Å². The molecule has 3 nitrogen and oxygen atoms in total. The molecule has 1 N–H and O–H groups in total. The number of hydrogen-bond acceptors (Lipinski definition) is 3. The predicted octanol–water partition coefficient (Wildman–Crippen LogP) is 6.14. The molecule has 0 fully saturated rings. The first-order valence-electron chi connectivity index (χ1n) is 8.53. The lowest BCUT2D eigenvalue weighted by Gasteiger charge is -2.16. The van der Waals surface area contributed by atoms with Gasteiger partial charge in [0.1, 0.15) is 6.61 Å². The van der Waals surface area contributed by atoms with E-state index in [1.807, 2.05) is 43.3 Å². The molecule has 144 valence electrons. The van der Waals surface area contributed by atoms with Crippen molar-refractivity contribution in [3.05, 3.63) is 57.6 Å². The molecule has 0 aromatic heterocycles. The van der Waals surface area contributed by atoms with E-state index in [0.29, 0.717) is 40.7 Å². The predicted molar refractivity (Wildman–Crippen MR) is 112 cm³/mol. The van der Waals surface area contributed by atoms with Crippen LogP contribution in [0, 0.1) is 5.92 Å². The van der Waals surface area contributed by atoms with Crippen molar-refractivity contribution in [2.75, 3.05) is 13.2 Å². The molecule has 0 saturated heterocycles. The van der Waals surface area contributed by atoms with E-state index in [0.717, 1.165) is 24.2 Å². The lowest BCUT2D eigenvalue weighted by atomic mass is 10.1. The SMILES string of the molecule is CCOc1cc(CNCC(C)C)cc(Cl)c1OCc1ccccc1Cl.Cl. The number of halogens is 3. The Balaban J connectivity index is 0.00000338. The van der Waals surface area contributed by atoms with Crippen LogP contribution in [-0.4, -0.2) is 13.2 Å².